The number of carbonyl (C=O) groups is 1. The number of nitrogens with one attached hydrogen (secondary N) is 1. The van der Waals surface area contributed by atoms with Crippen LogP contribution in [-0.4, -0.2) is 59.9 Å². The number of hydrogen-bond donors (Lipinski definition) is 2. The number of piperidine rings is 1. The second-order valence-corrected chi connectivity index (χ2v) is 8.51. The maximum atomic E-state index is 13.4. The van der Waals surface area contributed by atoms with E-state index >= 15 is 0 Å². The van der Waals surface area contributed by atoms with Crippen LogP contribution in [0.1, 0.15) is 61.9 Å². The summed E-state index contributed by atoms with van der Waals surface area (Å²) < 4.78 is 33.9. The fraction of sp³-hybridized carbons (Fsp3) is 0.550. The number of halogens is 2. The van der Waals surface area contributed by atoms with E-state index in [-0.39, 0.29) is 48.9 Å². The van der Waals surface area contributed by atoms with Gasteiger partial charge in [-0.25, -0.2) is 18.1 Å². The minimum Gasteiger partial charge on any atom is -0.465 e. The first-order valence-electron chi connectivity index (χ1n) is 10.6. The van der Waals surface area contributed by atoms with Crippen molar-refractivity contribution in [3.8, 4) is 11.4 Å². The van der Waals surface area contributed by atoms with Crippen LogP contribution in [0.5, 0.6) is 0 Å². The summed E-state index contributed by atoms with van der Waals surface area (Å²) in [5.41, 5.74) is 1.27. The molecule has 1 aliphatic carbocycles. The molecular weight excluding hydrogens is 426 g/mol. The molecule has 5 rings (SSSR count). The van der Waals surface area contributed by atoms with Crippen LogP contribution in [0.2, 0.25) is 0 Å². The molecule has 170 valence electrons. The highest BCUT2D eigenvalue weighted by atomic mass is 19.3. The average molecular weight is 448 g/mol. The minimum absolute atomic E-state index is 0.0205. The second-order valence-electron chi connectivity index (χ2n) is 8.51. The van der Waals surface area contributed by atoms with Gasteiger partial charge in [-0.05, 0) is 25.7 Å². The fourth-order valence-electron chi connectivity index (χ4n) is 4.63. The van der Waals surface area contributed by atoms with Gasteiger partial charge >= 0.3 is 6.09 Å². The van der Waals surface area contributed by atoms with Gasteiger partial charge in [-0.1, -0.05) is 5.16 Å². The zero-order chi connectivity index (χ0) is 22.5. The molecule has 3 aromatic heterocycles. The number of rotatable bonds is 3. The minimum atomic E-state index is -2.64. The lowest BCUT2D eigenvalue weighted by molar-refractivity contribution is -0.0402. The molecule has 12 heteroatoms. The van der Waals surface area contributed by atoms with Crippen LogP contribution in [-0.2, 0) is 0 Å². The summed E-state index contributed by atoms with van der Waals surface area (Å²) in [6, 6.07) is 1.48. The van der Waals surface area contributed by atoms with E-state index in [1.165, 1.54) is 17.2 Å². The number of fused-ring (bicyclic) bond motifs is 1. The number of hydrogen-bond acceptors (Lipinski definition) is 6. The predicted molar refractivity (Wildman–Crippen MR) is 107 cm³/mol. The van der Waals surface area contributed by atoms with E-state index in [0.717, 1.165) is 0 Å². The molecule has 1 saturated carbocycles. The van der Waals surface area contributed by atoms with Gasteiger partial charge in [0.2, 0.25) is 17.6 Å². The molecule has 2 aliphatic rings. The van der Waals surface area contributed by atoms with E-state index < -0.39 is 12.0 Å². The van der Waals surface area contributed by atoms with Gasteiger partial charge in [0.05, 0.1) is 17.5 Å². The number of alkyl halides is 2. The van der Waals surface area contributed by atoms with Crippen molar-refractivity contribution >= 4 is 11.7 Å². The standard InChI is InChI=1S/C20H22F2N6O4/c21-20(22)5-1-12(2-6-20)18-25-16(26-32-18)13-10-23-28-14(9-15(29)24-17(13)28)11-3-7-27(8-4-11)19(30)31/h9-12H,1-8H2,(H,24,29)(H,30,31). The predicted octanol–water partition coefficient (Wildman–Crippen LogP) is 3.22. The zero-order valence-electron chi connectivity index (χ0n) is 17.1. The van der Waals surface area contributed by atoms with Crippen LogP contribution >= 0.6 is 0 Å². The summed E-state index contributed by atoms with van der Waals surface area (Å²) in [4.78, 5) is 32.1. The van der Waals surface area contributed by atoms with E-state index in [0.29, 0.717) is 48.7 Å². The summed E-state index contributed by atoms with van der Waals surface area (Å²) >= 11 is 0. The Morgan fingerprint density at radius 3 is 2.59 bits per heavy atom. The Labute approximate surface area is 180 Å². The molecule has 10 nitrogen and oxygen atoms in total. The summed E-state index contributed by atoms with van der Waals surface area (Å²) in [6.45, 7) is 0.772. The van der Waals surface area contributed by atoms with Gasteiger partial charge < -0.3 is 19.5 Å². The molecule has 1 saturated heterocycles. The number of aromatic amines is 1. The normalized spacial score (nSPS) is 20.1. The van der Waals surface area contributed by atoms with Crippen molar-refractivity contribution in [2.24, 2.45) is 0 Å². The summed E-state index contributed by atoms with van der Waals surface area (Å²) in [7, 11) is 0. The van der Waals surface area contributed by atoms with E-state index in [2.05, 4.69) is 20.2 Å². The third-order valence-electron chi connectivity index (χ3n) is 6.47. The maximum absolute atomic E-state index is 13.4. The molecule has 0 atom stereocenters. The van der Waals surface area contributed by atoms with Gasteiger partial charge in [0, 0.05) is 43.8 Å². The SMILES string of the molecule is O=C(O)N1CCC(c2cc(=O)[nH]c3c(-c4noc(C5CCC(F)(F)CC5)n4)cnn23)CC1. The number of likely N-dealkylation sites (tertiary alicyclic amines) is 1. The number of carboxylic acid groups (broad SMARTS) is 1. The lowest BCUT2D eigenvalue weighted by Crippen LogP contribution is -2.37. The first kappa shape index (κ1) is 20.6. The Morgan fingerprint density at radius 1 is 1.19 bits per heavy atom. The number of amides is 1. The van der Waals surface area contributed by atoms with Crippen LogP contribution < -0.4 is 5.56 Å². The number of nitrogens with zero attached hydrogens (tertiary/aromatic N) is 5. The molecule has 0 radical (unpaired) electrons. The highest BCUT2D eigenvalue weighted by Gasteiger charge is 2.37. The smallest absolute Gasteiger partial charge is 0.407 e. The molecule has 0 unspecified atom stereocenters. The van der Waals surface area contributed by atoms with Crippen molar-refractivity contribution in [1.82, 2.24) is 29.6 Å². The summed E-state index contributed by atoms with van der Waals surface area (Å²) in [6.07, 6.45) is 1.89. The topological polar surface area (TPSA) is 130 Å². The maximum Gasteiger partial charge on any atom is 0.407 e. The zero-order valence-corrected chi connectivity index (χ0v) is 17.1. The van der Waals surface area contributed by atoms with Crippen molar-refractivity contribution in [2.75, 3.05) is 13.1 Å². The van der Waals surface area contributed by atoms with Gasteiger partial charge in [-0.15, -0.1) is 0 Å². The van der Waals surface area contributed by atoms with E-state index in [9.17, 15) is 18.4 Å². The second kappa shape index (κ2) is 7.68. The first-order valence-corrected chi connectivity index (χ1v) is 10.6. The third kappa shape index (κ3) is 3.73. The van der Waals surface area contributed by atoms with E-state index in [1.54, 1.807) is 4.52 Å². The monoisotopic (exact) mass is 448 g/mol. The lowest BCUT2D eigenvalue weighted by atomic mass is 9.87. The highest BCUT2D eigenvalue weighted by molar-refractivity contribution is 5.72. The molecule has 1 aliphatic heterocycles. The number of aromatic nitrogens is 5. The van der Waals surface area contributed by atoms with Crippen LogP contribution in [0, 0.1) is 0 Å². The first-order chi connectivity index (χ1) is 15.3. The molecule has 2 fully saturated rings. The Kier molecular flexibility index (Phi) is 4.94. The summed E-state index contributed by atoms with van der Waals surface area (Å²) in [5.74, 6) is -2.33. The van der Waals surface area contributed by atoms with E-state index in [1.807, 2.05) is 0 Å². The molecular formula is C20H22F2N6O4. The van der Waals surface area contributed by atoms with Crippen molar-refractivity contribution in [3.05, 3.63) is 34.2 Å². The van der Waals surface area contributed by atoms with Crippen LogP contribution in [0.25, 0.3) is 17.0 Å². The Bertz CT molecular complexity index is 1200. The van der Waals surface area contributed by atoms with Crippen LogP contribution in [0.15, 0.2) is 21.6 Å². The molecule has 0 bridgehead atoms. The fourth-order valence-corrected chi connectivity index (χ4v) is 4.63. The molecule has 0 aromatic carbocycles. The average Bonchev–Trinajstić information content (AvgIpc) is 3.40. The van der Waals surface area contributed by atoms with Crippen LogP contribution in [0.4, 0.5) is 13.6 Å². The lowest BCUT2D eigenvalue weighted by Gasteiger charge is -2.30. The van der Waals surface area contributed by atoms with Gasteiger partial charge in [0.1, 0.15) is 5.65 Å². The largest absolute Gasteiger partial charge is 0.465 e. The van der Waals surface area contributed by atoms with Crippen molar-refractivity contribution in [2.45, 2.75) is 56.3 Å². The Morgan fingerprint density at radius 2 is 1.91 bits per heavy atom. The molecule has 2 N–H and O–H groups in total. The van der Waals surface area contributed by atoms with Crippen molar-refractivity contribution < 1.29 is 23.2 Å². The van der Waals surface area contributed by atoms with E-state index in [4.69, 9.17) is 9.63 Å². The summed E-state index contributed by atoms with van der Waals surface area (Å²) in [5, 5.41) is 17.6. The van der Waals surface area contributed by atoms with Crippen molar-refractivity contribution in [1.29, 1.82) is 0 Å². The van der Waals surface area contributed by atoms with Crippen LogP contribution in [0.3, 0.4) is 0 Å². The van der Waals surface area contributed by atoms with Gasteiger partial charge in [0.15, 0.2) is 0 Å². The molecule has 4 heterocycles. The molecule has 32 heavy (non-hydrogen) atoms. The Balaban J connectivity index is 1.43. The highest BCUT2D eigenvalue weighted by Crippen LogP contribution is 2.40. The molecule has 3 aromatic rings. The quantitative estimate of drug-likeness (QED) is 0.629. The molecule has 0 spiro atoms. The third-order valence-corrected chi connectivity index (χ3v) is 6.47. The van der Waals surface area contributed by atoms with Gasteiger partial charge in [0.25, 0.3) is 5.56 Å². The number of H-pyrrole nitrogens is 1. The van der Waals surface area contributed by atoms with Gasteiger partial charge in [-0.2, -0.15) is 10.1 Å². The molecule has 1 amide bonds. The van der Waals surface area contributed by atoms with Crippen molar-refractivity contribution in [3.63, 3.8) is 0 Å². The Hall–Kier alpha value is -3.31. The van der Waals surface area contributed by atoms with Gasteiger partial charge in [-0.3, -0.25) is 4.79 Å².